The van der Waals surface area contributed by atoms with Gasteiger partial charge in [-0.2, -0.15) is 0 Å². The monoisotopic (exact) mass is 293 g/mol. The molecule has 0 saturated heterocycles. The molecular formula is C19H35NO. The molecule has 1 rings (SSSR count). The number of rotatable bonds is 13. The van der Waals surface area contributed by atoms with Gasteiger partial charge >= 0.3 is 0 Å². The molecule has 0 aromatic carbocycles. The maximum atomic E-state index is 5.45. The smallest absolute Gasteiger partial charge is 0.208 e. The fraction of sp³-hybridized carbons (Fsp3) is 0.842. The van der Waals surface area contributed by atoms with Crippen molar-refractivity contribution < 1.29 is 4.74 Å². The number of ether oxygens (including phenoxy) is 1. The van der Waals surface area contributed by atoms with Gasteiger partial charge in [-0.25, -0.2) is 0 Å². The summed E-state index contributed by atoms with van der Waals surface area (Å²) in [6.07, 6.45) is 22.0. The van der Waals surface area contributed by atoms with Crippen molar-refractivity contribution in [1.29, 1.82) is 0 Å². The molecule has 1 aliphatic heterocycles. The zero-order valence-corrected chi connectivity index (χ0v) is 14.1. The van der Waals surface area contributed by atoms with Crippen LogP contribution < -0.4 is 0 Å². The Hall–Kier alpha value is -0.790. The van der Waals surface area contributed by atoms with E-state index in [1.165, 1.54) is 77.0 Å². The lowest BCUT2D eigenvalue weighted by atomic mass is 10.1. The number of allylic oxidation sites excluding steroid dienone is 1. The van der Waals surface area contributed by atoms with Crippen LogP contribution in [0.3, 0.4) is 0 Å². The van der Waals surface area contributed by atoms with E-state index >= 15 is 0 Å². The van der Waals surface area contributed by atoms with Crippen LogP contribution >= 0.6 is 0 Å². The summed E-state index contributed by atoms with van der Waals surface area (Å²) in [7, 11) is 0. The van der Waals surface area contributed by atoms with E-state index in [1.807, 2.05) is 0 Å². The van der Waals surface area contributed by atoms with Gasteiger partial charge in [-0.1, -0.05) is 77.2 Å². The van der Waals surface area contributed by atoms with Crippen LogP contribution in [-0.2, 0) is 4.74 Å². The van der Waals surface area contributed by atoms with Gasteiger partial charge in [0.15, 0.2) is 0 Å². The molecule has 0 radical (unpaired) electrons. The van der Waals surface area contributed by atoms with Crippen molar-refractivity contribution >= 4 is 5.90 Å². The molecular weight excluding hydrogens is 258 g/mol. The molecule has 2 nitrogen and oxygen atoms in total. The first-order valence-electron chi connectivity index (χ1n) is 9.27. The third kappa shape index (κ3) is 11.5. The molecule has 0 saturated carbocycles. The molecule has 122 valence electrons. The minimum absolute atomic E-state index is 0.835. The van der Waals surface area contributed by atoms with Crippen molar-refractivity contribution in [2.45, 2.75) is 90.4 Å². The van der Waals surface area contributed by atoms with Crippen LogP contribution in [0.25, 0.3) is 0 Å². The van der Waals surface area contributed by atoms with Gasteiger partial charge in [-0.05, 0) is 18.9 Å². The van der Waals surface area contributed by atoms with Gasteiger partial charge in [0.2, 0.25) is 5.90 Å². The van der Waals surface area contributed by atoms with Gasteiger partial charge in [0.25, 0.3) is 0 Å². The Morgan fingerprint density at radius 2 is 1.52 bits per heavy atom. The topological polar surface area (TPSA) is 21.6 Å². The lowest BCUT2D eigenvalue weighted by Crippen LogP contribution is -2.10. The van der Waals surface area contributed by atoms with E-state index in [0.717, 1.165) is 25.5 Å². The third-order valence-corrected chi connectivity index (χ3v) is 4.05. The summed E-state index contributed by atoms with van der Waals surface area (Å²) in [6, 6.07) is 0. The molecule has 1 aliphatic rings. The molecule has 2 heteroatoms. The van der Waals surface area contributed by atoms with Crippen molar-refractivity contribution in [3.63, 3.8) is 0 Å². The largest absolute Gasteiger partial charge is 0.478 e. The Morgan fingerprint density at radius 1 is 0.905 bits per heavy atom. The van der Waals surface area contributed by atoms with Gasteiger partial charge < -0.3 is 4.74 Å². The zero-order valence-electron chi connectivity index (χ0n) is 14.1. The maximum absolute atomic E-state index is 5.45. The number of hydrogen-bond donors (Lipinski definition) is 0. The summed E-state index contributed by atoms with van der Waals surface area (Å²) in [5, 5.41) is 0. The van der Waals surface area contributed by atoms with E-state index in [0.29, 0.717) is 0 Å². The fourth-order valence-corrected chi connectivity index (χ4v) is 2.69. The van der Waals surface area contributed by atoms with Crippen molar-refractivity contribution in [1.82, 2.24) is 0 Å². The van der Waals surface area contributed by atoms with Crippen LogP contribution in [-0.4, -0.2) is 19.0 Å². The summed E-state index contributed by atoms with van der Waals surface area (Å²) in [5.74, 6) is 0.837. The van der Waals surface area contributed by atoms with Crippen LogP contribution in [0.15, 0.2) is 17.1 Å². The van der Waals surface area contributed by atoms with Gasteiger partial charge in [0, 0.05) is 13.0 Å². The van der Waals surface area contributed by atoms with E-state index in [2.05, 4.69) is 24.1 Å². The Kier molecular flexibility index (Phi) is 12.3. The van der Waals surface area contributed by atoms with Crippen molar-refractivity contribution in [3.8, 4) is 0 Å². The van der Waals surface area contributed by atoms with Crippen molar-refractivity contribution in [3.05, 3.63) is 12.2 Å². The number of hydrogen-bond acceptors (Lipinski definition) is 2. The molecule has 0 bridgehead atoms. The van der Waals surface area contributed by atoms with E-state index in [9.17, 15) is 0 Å². The lowest BCUT2D eigenvalue weighted by molar-refractivity contribution is 0.285. The number of unbranched alkanes of at least 4 members (excludes halogenated alkanes) is 11. The summed E-state index contributed by atoms with van der Waals surface area (Å²) in [6.45, 7) is 4.05. The first kappa shape index (κ1) is 18.3. The summed E-state index contributed by atoms with van der Waals surface area (Å²) in [4.78, 5) is 4.33. The van der Waals surface area contributed by atoms with E-state index in [-0.39, 0.29) is 0 Å². The second-order valence-electron chi connectivity index (χ2n) is 6.15. The quantitative estimate of drug-likeness (QED) is 0.378. The van der Waals surface area contributed by atoms with Crippen LogP contribution in [0.1, 0.15) is 90.4 Å². The van der Waals surface area contributed by atoms with Gasteiger partial charge in [-0.3, -0.25) is 4.99 Å². The Balaban J connectivity index is 1.78. The Morgan fingerprint density at radius 3 is 2.10 bits per heavy atom. The third-order valence-electron chi connectivity index (χ3n) is 4.05. The van der Waals surface area contributed by atoms with E-state index in [4.69, 9.17) is 4.74 Å². The Bertz CT molecular complexity index is 283. The molecule has 0 aromatic heterocycles. The van der Waals surface area contributed by atoms with E-state index < -0.39 is 0 Å². The zero-order chi connectivity index (χ0) is 15.0. The molecule has 0 spiro atoms. The highest BCUT2D eigenvalue weighted by Gasteiger charge is 2.00. The molecule has 0 aliphatic carbocycles. The summed E-state index contributed by atoms with van der Waals surface area (Å²) in [5.41, 5.74) is 0. The van der Waals surface area contributed by atoms with Gasteiger partial charge in [0.1, 0.15) is 0 Å². The van der Waals surface area contributed by atoms with Crippen molar-refractivity contribution in [2.24, 2.45) is 4.99 Å². The molecule has 21 heavy (non-hydrogen) atoms. The molecule has 0 atom stereocenters. The number of aliphatic imine (C=N–C) groups is 1. The highest BCUT2D eigenvalue weighted by atomic mass is 16.5. The predicted octanol–water partition coefficient (Wildman–Crippen LogP) is 6.06. The summed E-state index contributed by atoms with van der Waals surface area (Å²) >= 11 is 0. The first-order chi connectivity index (χ1) is 10.4. The van der Waals surface area contributed by atoms with E-state index in [1.54, 1.807) is 0 Å². The SMILES string of the molecule is CCCCCCCCCCCCCC=CC1=NCCCO1. The lowest BCUT2D eigenvalue weighted by Gasteiger charge is -2.09. The van der Waals surface area contributed by atoms with Gasteiger partial charge in [-0.15, -0.1) is 0 Å². The molecule has 0 N–H and O–H groups in total. The van der Waals surface area contributed by atoms with Crippen molar-refractivity contribution in [2.75, 3.05) is 13.2 Å². The summed E-state index contributed by atoms with van der Waals surface area (Å²) < 4.78 is 5.45. The average molecular weight is 293 g/mol. The second kappa shape index (κ2) is 14.2. The molecule has 0 aromatic rings. The van der Waals surface area contributed by atoms with Crippen LogP contribution in [0, 0.1) is 0 Å². The minimum atomic E-state index is 0.835. The standard InChI is InChI=1S/C19H35NO/c1-2-3-4-5-6-7-8-9-10-11-12-13-14-16-19-20-17-15-18-21-19/h14,16H,2-13,15,17-18H2,1H3. The highest BCUT2D eigenvalue weighted by Crippen LogP contribution is 2.12. The predicted molar refractivity (Wildman–Crippen MR) is 93.1 cm³/mol. The van der Waals surface area contributed by atoms with Crippen LogP contribution in [0.2, 0.25) is 0 Å². The maximum Gasteiger partial charge on any atom is 0.208 e. The highest BCUT2D eigenvalue weighted by molar-refractivity contribution is 5.87. The number of nitrogens with zero attached hydrogens (tertiary/aromatic N) is 1. The second-order valence-corrected chi connectivity index (χ2v) is 6.15. The molecule has 0 fully saturated rings. The van der Waals surface area contributed by atoms with Gasteiger partial charge in [0.05, 0.1) is 6.61 Å². The van der Waals surface area contributed by atoms with Crippen LogP contribution in [0.4, 0.5) is 0 Å². The molecule has 0 unspecified atom stereocenters. The molecule has 1 heterocycles. The minimum Gasteiger partial charge on any atom is -0.478 e. The fourth-order valence-electron chi connectivity index (χ4n) is 2.69. The Labute approximate surface area is 132 Å². The average Bonchev–Trinajstić information content (AvgIpc) is 2.53. The molecule has 0 amide bonds. The first-order valence-corrected chi connectivity index (χ1v) is 9.27. The normalized spacial score (nSPS) is 15.2. The van der Waals surface area contributed by atoms with Crippen LogP contribution in [0.5, 0.6) is 0 Å².